The predicted molar refractivity (Wildman–Crippen MR) is 54.3 cm³/mol. The number of aromatic nitrogens is 1. The maximum absolute atomic E-state index is 11.2. The minimum absolute atomic E-state index is 0.314. The number of rotatable bonds is 0. The number of hydrogen-bond donors (Lipinski definition) is 1. The van der Waals surface area contributed by atoms with E-state index in [1.807, 2.05) is 30.3 Å². The number of benzene rings is 2. The second-order valence-corrected chi connectivity index (χ2v) is 3.20. The molecule has 2 aromatic carbocycles. The van der Waals surface area contributed by atoms with Gasteiger partial charge in [-0.15, -0.1) is 0 Å². The van der Waals surface area contributed by atoms with Crippen molar-refractivity contribution in [2.45, 2.75) is 0 Å². The monoisotopic (exact) mass is 185 g/mol. The standard InChI is InChI=1S/C11H7NO2/c13-11-9-6-5-7-3-1-2-4-8(7)10(9)12-14-11/h1-6,12H. The molecule has 0 radical (unpaired) electrons. The third-order valence-corrected chi connectivity index (χ3v) is 2.39. The van der Waals surface area contributed by atoms with Crippen molar-refractivity contribution in [3.05, 3.63) is 46.8 Å². The van der Waals surface area contributed by atoms with Gasteiger partial charge in [0.1, 0.15) is 0 Å². The van der Waals surface area contributed by atoms with Crippen molar-refractivity contribution in [3.8, 4) is 0 Å². The van der Waals surface area contributed by atoms with Gasteiger partial charge in [0.15, 0.2) is 0 Å². The quantitative estimate of drug-likeness (QED) is 0.584. The van der Waals surface area contributed by atoms with Gasteiger partial charge >= 0.3 is 5.63 Å². The molecule has 0 spiro atoms. The molecule has 3 nitrogen and oxygen atoms in total. The van der Waals surface area contributed by atoms with Gasteiger partial charge in [-0.05, 0) is 11.5 Å². The molecule has 0 aliphatic carbocycles. The molecule has 0 unspecified atom stereocenters. The summed E-state index contributed by atoms with van der Waals surface area (Å²) in [5.74, 6) is 0. The number of fused-ring (bicyclic) bond motifs is 3. The SMILES string of the molecule is O=c1o[nH]c2c1ccc1ccccc12. The summed E-state index contributed by atoms with van der Waals surface area (Å²) in [6.07, 6.45) is 0. The molecule has 1 aromatic heterocycles. The molecule has 0 aliphatic heterocycles. The molecule has 1 N–H and O–H groups in total. The maximum Gasteiger partial charge on any atom is 0.365 e. The van der Waals surface area contributed by atoms with Gasteiger partial charge in [-0.2, -0.15) is 0 Å². The highest BCUT2D eigenvalue weighted by Crippen LogP contribution is 2.21. The van der Waals surface area contributed by atoms with Gasteiger partial charge in [-0.1, -0.05) is 30.3 Å². The smallest absolute Gasteiger partial charge is 0.338 e. The first-order chi connectivity index (χ1) is 6.86. The van der Waals surface area contributed by atoms with Crippen molar-refractivity contribution in [1.29, 1.82) is 0 Å². The van der Waals surface area contributed by atoms with Crippen molar-refractivity contribution in [1.82, 2.24) is 5.16 Å². The Morgan fingerprint density at radius 3 is 2.79 bits per heavy atom. The van der Waals surface area contributed by atoms with Crippen molar-refractivity contribution < 1.29 is 4.52 Å². The van der Waals surface area contributed by atoms with Crippen LogP contribution in [0.3, 0.4) is 0 Å². The van der Waals surface area contributed by atoms with Crippen LogP contribution in [0, 0.1) is 0 Å². The largest absolute Gasteiger partial charge is 0.365 e. The Morgan fingerprint density at radius 1 is 1.00 bits per heavy atom. The van der Waals surface area contributed by atoms with E-state index in [1.165, 1.54) is 0 Å². The van der Waals surface area contributed by atoms with Crippen molar-refractivity contribution in [2.75, 3.05) is 0 Å². The van der Waals surface area contributed by atoms with Gasteiger partial charge in [0.05, 0.1) is 10.9 Å². The fraction of sp³-hybridized carbons (Fsp3) is 0. The van der Waals surface area contributed by atoms with Crippen LogP contribution in [0.4, 0.5) is 0 Å². The van der Waals surface area contributed by atoms with Gasteiger partial charge < -0.3 is 4.52 Å². The highest BCUT2D eigenvalue weighted by molar-refractivity contribution is 6.04. The van der Waals surface area contributed by atoms with E-state index in [0.717, 1.165) is 16.3 Å². The molecular weight excluding hydrogens is 178 g/mol. The first-order valence-electron chi connectivity index (χ1n) is 4.35. The van der Waals surface area contributed by atoms with Crippen LogP contribution in [-0.2, 0) is 0 Å². The molecule has 3 rings (SSSR count). The van der Waals surface area contributed by atoms with Gasteiger partial charge in [-0.25, -0.2) is 9.95 Å². The molecule has 0 atom stereocenters. The molecule has 0 aliphatic rings. The molecular formula is C11H7NO2. The van der Waals surface area contributed by atoms with Crippen LogP contribution in [0.2, 0.25) is 0 Å². The van der Waals surface area contributed by atoms with Crippen LogP contribution in [0.5, 0.6) is 0 Å². The minimum Gasteiger partial charge on any atom is -0.338 e. The number of aromatic amines is 1. The third kappa shape index (κ3) is 0.836. The van der Waals surface area contributed by atoms with Crippen molar-refractivity contribution in [2.24, 2.45) is 0 Å². The molecule has 3 heteroatoms. The summed E-state index contributed by atoms with van der Waals surface area (Å²) in [6, 6.07) is 11.6. The maximum atomic E-state index is 11.2. The topological polar surface area (TPSA) is 46.0 Å². The summed E-state index contributed by atoms with van der Waals surface area (Å²) in [6.45, 7) is 0. The Kier molecular flexibility index (Phi) is 1.31. The van der Waals surface area contributed by atoms with E-state index in [-0.39, 0.29) is 5.63 Å². The fourth-order valence-corrected chi connectivity index (χ4v) is 1.70. The van der Waals surface area contributed by atoms with Gasteiger partial charge in [-0.3, -0.25) is 0 Å². The van der Waals surface area contributed by atoms with E-state index >= 15 is 0 Å². The highest BCUT2D eigenvalue weighted by atomic mass is 16.5. The summed E-state index contributed by atoms with van der Waals surface area (Å²) >= 11 is 0. The molecule has 0 saturated heterocycles. The van der Waals surface area contributed by atoms with E-state index in [1.54, 1.807) is 6.07 Å². The molecule has 0 fully saturated rings. The third-order valence-electron chi connectivity index (χ3n) is 2.39. The summed E-state index contributed by atoms with van der Waals surface area (Å²) in [5, 5.41) is 5.35. The normalized spacial score (nSPS) is 11.1. The lowest BCUT2D eigenvalue weighted by Gasteiger charge is -1.95. The fourth-order valence-electron chi connectivity index (χ4n) is 1.70. The van der Waals surface area contributed by atoms with E-state index in [9.17, 15) is 4.79 Å². The van der Waals surface area contributed by atoms with Gasteiger partial charge in [0.25, 0.3) is 0 Å². The van der Waals surface area contributed by atoms with E-state index in [4.69, 9.17) is 4.52 Å². The molecule has 0 amide bonds. The number of nitrogens with one attached hydrogen (secondary N) is 1. The zero-order valence-electron chi connectivity index (χ0n) is 7.28. The Bertz CT molecular complexity index is 663. The van der Waals surface area contributed by atoms with Crippen LogP contribution >= 0.6 is 0 Å². The van der Waals surface area contributed by atoms with Crippen molar-refractivity contribution in [3.63, 3.8) is 0 Å². The minimum atomic E-state index is -0.314. The molecule has 14 heavy (non-hydrogen) atoms. The Hall–Kier alpha value is -2.03. The lowest BCUT2D eigenvalue weighted by atomic mass is 10.1. The van der Waals surface area contributed by atoms with Gasteiger partial charge in [0, 0.05) is 5.39 Å². The van der Waals surface area contributed by atoms with Crippen LogP contribution < -0.4 is 5.63 Å². The molecule has 0 bridgehead atoms. The Balaban J connectivity index is 2.68. The van der Waals surface area contributed by atoms with Crippen LogP contribution in [0.1, 0.15) is 0 Å². The lowest BCUT2D eigenvalue weighted by molar-refractivity contribution is 0.400. The molecule has 1 heterocycles. The zero-order chi connectivity index (χ0) is 9.54. The lowest BCUT2D eigenvalue weighted by Crippen LogP contribution is -1.89. The summed E-state index contributed by atoms with van der Waals surface area (Å²) in [4.78, 5) is 11.2. The van der Waals surface area contributed by atoms with Crippen LogP contribution in [0.25, 0.3) is 21.7 Å². The second-order valence-electron chi connectivity index (χ2n) is 3.20. The van der Waals surface area contributed by atoms with Crippen molar-refractivity contribution >= 4 is 21.7 Å². The van der Waals surface area contributed by atoms with E-state index < -0.39 is 0 Å². The second kappa shape index (κ2) is 2.48. The van der Waals surface area contributed by atoms with Gasteiger partial charge in [0.2, 0.25) is 0 Å². The Morgan fingerprint density at radius 2 is 1.86 bits per heavy atom. The first-order valence-corrected chi connectivity index (χ1v) is 4.35. The van der Waals surface area contributed by atoms with E-state index in [0.29, 0.717) is 5.39 Å². The molecule has 0 saturated carbocycles. The highest BCUT2D eigenvalue weighted by Gasteiger charge is 2.05. The number of hydrogen-bond acceptors (Lipinski definition) is 2. The number of H-pyrrole nitrogens is 1. The van der Waals surface area contributed by atoms with Crippen LogP contribution in [0.15, 0.2) is 45.7 Å². The Labute approximate surface area is 78.9 Å². The molecule has 68 valence electrons. The summed E-state index contributed by atoms with van der Waals surface area (Å²) < 4.78 is 4.74. The van der Waals surface area contributed by atoms with Crippen LogP contribution in [-0.4, -0.2) is 5.16 Å². The zero-order valence-corrected chi connectivity index (χ0v) is 7.28. The first kappa shape index (κ1) is 7.38. The summed E-state index contributed by atoms with van der Waals surface area (Å²) in [7, 11) is 0. The summed E-state index contributed by atoms with van der Waals surface area (Å²) in [5.41, 5.74) is 0.457. The average molecular weight is 185 g/mol. The average Bonchev–Trinajstić information content (AvgIpc) is 2.61. The molecule has 3 aromatic rings. The predicted octanol–water partition coefficient (Wildman–Crippen LogP) is 2.27. The van der Waals surface area contributed by atoms with E-state index in [2.05, 4.69) is 5.16 Å².